The van der Waals surface area contributed by atoms with Crippen molar-refractivity contribution >= 4 is 66.7 Å². The number of allylic oxidation sites excluding steroid dienone is 1. The molecule has 4 nitrogen and oxygen atoms in total. The zero-order valence-corrected chi connectivity index (χ0v) is 25.8. The van der Waals surface area contributed by atoms with Crippen molar-refractivity contribution < 1.29 is 4.42 Å². The normalized spacial score (nSPS) is 11.9. The molecule has 0 unspecified atom stereocenters. The minimum atomic E-state index is 0.760. The standard InChI is InChI=1S/C43H29N3O/c1-3-14-30-34-21-13-22-35(42(34)47-38(30)4-2)32-20-12-19-31-33-26-25-27-15-8-9-18-29(27)40(33)46(41(31)32)43-39(28-16-6-5-7-17-28)44-36-23-10-11-24-37(36)45-43/h3-26H,2H2,1H3/b14-3-. The Morgan fingerprint density at radius 1 is 0.617 bits per heavy atom. The third-order valence-electron chi connectivity index (χ3n) is 9.08. The number of rotatable bonds is 5. The molecule has 0 aliphatic heterocycles. The number of hydrogen-bond acceptors (Lipinski definition) is 3. The van der Waals surface area contributed by atoms with E-state index in [1.807, 2.05) is 43.3 Å². The molecule has 0 fully saturated rings. The molecule has 9 aromatic rings. The van der Waals surface area contributed by atoms with Crippen LogP contribution in [0.15, 0.2) is 144 Å². The molecule has 0 aliphatic carbocycles. The van der Waals surface area contributed by atoms with Gasteiger partial charge in [-0.05, 0) is 30.5 Å². The Morgan fingerprint density at radius 2 is 1.30 bits per heavy atom. The van der Waals surface area contributed by atoms with Crippen LogP contribution in [0.25, 0.3) is 94.9 Å². The van der Waals surface area contributed by atoms with E-state index in [1.54, 1.807) is 6.08 Å². The van der Waals surface area contributed by atoms with Gasteiger partial charge in [-0.15, -0.1) is 0 Å². The second kappa shape index (κ2) is 10.7. The molecule has 0 bridgehead atoms. The summed E-state index contributed by atoms with van der Waals surface area (Å²) in [6, 6.07) is 44.4. The number of hydrogen-bond donors (Lipinski definition) is 0. The maximum atomic E-state index is 6.57. The van der Waals surface area contributed by atoms with Gasteiger partial charge in [-0.25, -0.2) is 9.97 Å². The Bertz CT molecular complexity index is 2710. The van der Waals surface area contributed by atoms with Gasteiger partial charge in [0.1, 0.15) is 17.0 Å². The molecule has 0 N–H and O–H groups in total. The van der Waals surface area contributed by atoms with Gasteiger partial charge < -0.3 is 4.42 Å². The first-order valence-corrected chi connectivity index (χ1v) is 15.8. The summed E-state index contributed by atoms with van der Waals surface area (Å²) < 4.78 is 8.91. The number of benzene rings is 6. The van der Waals surface area contributed by atoms with Crippen molar-refractivity contribution in [3.05, 3.63) is 151 Å². The molecule has 0 atom stereocenters. The van der Waals surface area contributed by atoms with Gasteiger partial charge in [-0.2, -0.15) is 0 Å². The van der Waals surface area contributed by atoms with E-state index in [1.165, 1.54) is 5.39 Å². The first-order chi connectivity index (χ1) is 23.2. The van der Waals surface area contributed by atoms with Gasteiger partial charge in [0, 0.05) is 43.8 Å². The molecule has 0 amide bonds. The fraction of sp³-hybridized carbons (Fsp3) is 0.0233. The number of nitrogens with zero attached hydrogens (tertiary/aromatic N) is 3. The van der Waals surface area contributed by atoms with E-state index >= 15 is 0 Å². The number of fused-ring (bicyclic) bond motifs is 7. The Labute approximate surface area is 271 Å². The van der Waals surface area contributed by atoms with Gasteiger partial charge >= 0.3 is 0 Å². The minimum absolute atomic E-state index is 0.760. The van der Waals surface area contributed by atoms with E-state index in [9.17, 15) is 0 Å². The van der Waals surface area contributed by atoms with E-state index in [-0.39, 0.29) is 0 Å². The Kier molecular flexibility index (Phi) is 6.15. The lowest BCUT2D eigenvalue weighted by molar-refractivity contribution is 0.604. The quantitative estimate of drug-likeness (QED) is 0.197. The molecule has 9 rings (SSSR count). The fourth-order valence-electron chi connectivity index (χ4n) is 7.05. The highest BCUT2D eigenvalue weighted by molar-refractivity contribution is 6.22. The molecule has 0 spiro atoms. The van der Waals surface area contributed by atoms with Crippen molar-refractivity contribution in [2.45, 2.75) is 6.92 Å². The first-order valence-electron chi connectivity index (χ1n) is 15.8. The van der Waals surface area contributed by atoms with Crippen LogP contribution in [0, 0.1) is 0 Å². The minimum Gasteiger partial charge on any atom is -0.455 e. The van der Waals surface area contributed by atoms with Crippen molar-refractivity contribution in [2.24, 2.45) is 0 Å². The Morgan fingerprint density at radius 3 is 2.11 bits per heavy atom. The van der Waals surface area contributed by atoms with Crippen molar-refractivity contribution in [1.82, 2.24) is 14.5 Å². The zero-order valence-electron chi connectivity index (χ0n) is 25.8. The molecule has 0 saturated heterocycles. The Hall–Kier alpha value is -6.26. The van der Waals surface area contributed by atoms with Crippen molar-refractivity contribution in [1.29, 1.82) is 0 Å². The van der Waals surface area contributed by atoms with E-state index in [0.717, 1.165) is 88.7 Å². The van der Waals surface area contributed by atoms with Crippen molar-refractivity contribution in [3.8, 4) is 28.2 Å². The van der Waals surface area contributed by atoms with E-state index in [4.69, 9.17) is 14.4 Å². The van der Waals surface area contributed by atoms with Crippen LogP contribution in [0.4, 0.5) is 0 Å². The number of aromatic nitrogens is 3. The van der Waals surface area contributed by atoms with Crippen LogP contribution in [-0.2, 0) is 0 Å². The smallest absolute Gasteiger partial charge is 0.165 e. The van der Waals surface area contributed by atoms with Crippen LogP contribution in [0.2, 0.25) is 0 Å². The van der Waals surface area contributed by atoms with Gasteiger partial charge in [0.15, 0.2) is 5.82 Å². The van der Waals surface area contributed by atoms with Crippen LogP contribution in [0.3, 0.4) is 0 Å². The van der Waals surface area contributed by atoms with Crippen LogP contribution >= 0.6 is 0 Å². The second-order valence-electron chi connectivity index (χ2n) is 11.7. The summed E-state index contributed by atoms with van der Waals surface area (Å²) >= 11 is 0. The summed E-state index contributed by atoms with van der Waals surface area (Å²) in [5.74, 6) is 1.54. The maximum Gasteiger partial charge on any atom is 0.165 e. The highest BCUT2D eigenvalue weighted by Gasteiger charge is 2.24. The van der Waals surface area contributed by atoms with Crippen molar-refractivity contribution in [3.63, 3.8) is 0 Å². The summed E-state index contributed by atoms with van der Waals surface area (Å²) in [5.41, 5.74) is 9.61. The fourth-order valence-corrected chi connectivity index (χ4v) is 7.05. The molecule has 4 heteroatoms. The second-order valence-corrected chi connectivity index (χ2v) is 11.7. The highest BCUT2D eigenvalue weighted by atomic mass is 16.3. The summed E-state index contributed by atoms with van der Waals surface area (Å²) in [6.07, 6.45) is 5.92. The van der Waals surface area contributed by atoms with Crippen LogP contribution < -0.4 is 0 Å². The first kappa shape index (κ1) is 27.1. The lowest BCUT2D eigenvalue weighted by atomic mass is 9.98. The molecule has 6 aromatic carbocycles. The van der Waals surface area contributed by atoms with Crippen LogP contribution in [-0.4, -0.2) is 14.5 Å². The van der Waals surface area contributed by atoms with E-state index in [0.29, 0.717) is 0 Å². The molecular formula is C43H29N3O. The number of furan rings is 1. The van der Waals surface area contributed by atoms with Crippen LogP contribution in [0.1, 0.15) is 18.2 Å². The SMILES string of the molecule is C=Cc1oc2c(-c3cccc4c5ccc6ccccc6c5n(-c5nc6ccccc6nc5-c5ccccc5)c34)cccc2c1/C=C\C. The maximum absolute atomic E-state index is 6.57. The number of para-hydroxylation sites is 4. The molecule has 47 heavy (non-hydrogen) atoms. The average Bonchev–Trinajstić information content (AvgIpc) is 3.67. The molecule has 3 heterocycles. The van der Waals surface area contributed by atoms with Crippen molar-refractivity contribution in [2.75, 3.05) is 0 Å². The van der Waals surface area contributed by atoms with Crippen LogP contribution in [0.5, 0.6) is 0 Å². The average molecular weight is 604 g/mol. The van der Waals surface area contributed by atoms with Gasteiger partial charge in [-0.3, -0.25) is 4.57 Å². The predicted molar refractivity (Wildman–Crippen MR) is 197 cm³/mol. The molecule has 3 aromatic heterocycles. The van der Waals surface area contributed by atoms with Gasteiger partial charge in [-0.1, -0.05) is 134 Å². The molecule has 0 radical (unpaired) electrons. The van der Waals surface area contributed by atoms with Gasteiger partial charge in [0.25, 0.3) is 0 Å². The zero-order chi connectivity index (χ0) is 31.5. The largest absolute Gasteiger partial charge is 0.455 e. The lowest BCUT2D eigenvalue weighted by Gasteiger charge is -2.16. The molecule has 0 aliphatic rings. The van der Waals surface area contributed by atoms with E-state index in [2.05, 4.69) is 114 Å². The predicted octanol–water partition coefficient (Wildman–Crippen LogP) is 11.6. The van der Waals surface area contributed by atoms with E-state index < -0.39 is 0 Å². The molecule has 0 saturated carbocycles. The summed E-state index contributed by atoms with van der Waals surface area (Å²) in [4.78, 5) is 10.7. The topological polar surface area (TPSA) is 43.9 Å². The summed E-state index contributed by atoms with van der Waals surface area (Å²) in [5, 5.41) is 5.67. The summed E-state index contributed by atoms with van der Waals surface area (Å²) in [7, 11) is 0. The summed E-state index contributed by atoms with van der Waals surface area (Å²) in [6.45, 7) is 6.07. The highest BCUT2D eigenvalue weighted by Crippen LogP contribution is 2.44. The molecular weight excluding hydrogens is 574 g/mol. The lowest BCUT2D eigenvalue weighted by Crippen LogP contribution is -2.04. The Balaban J connectivity index is 1.50. The molecule has 222 valence electrons. The third kappa shape index (κ3) is 4.08. The monoisotopic (exact) mass is 603 g/mol. The third-order valence-corrected chi connectivity index (χ3v) is 9.08. The van der Waals surface area contributed by atoms with Gasteiger partial charge in [0.05, 0.1) is 22.1 Å². The van der Waals surface area contributed by atoms with Gasteiger partial charge in [0.2, 0.25) is 0 Å².